The number of rotatable bonds is 7. The van der Waals surface area contributed by atoms with E-state index < -0.39 is 0 Å². The second kappa shape index (κ2) is 9.80. The second-order valence-corrected chi connectivity index (χ2v) is 7.13. The highest BCUT2D eigenvalue weighted by atomic mass is 16.5. The number of nitrogens with one attached hydrogen (secondary N) is 2. The van der Waals surface area contributed by atoms with Crippen molar-refractivity contribution in [3.63, 3.8) is 0 Å². The lowest BCUT2D eigenvalue weighted by atomic mass is 9.88. The summed E-state index contributed by atoms with van der Waals surface area (Å²) in [6.45, 7) is 4.48. The van der Waals surface area contributed by atoms with E-state index in [4.69, 9.17) is 14.2 Å². The molecule has 152 valence electrons. The van der Waals surface area contributed by atoms with Crippen LogP contribution in [0.15, 0.2) is 23.2 Å². The molecule has 1 heterocycles. The van der Waals surface area contributed by atoms with Crippen LogP contribution in [-0.2, 0) is 4.74 Å². The quantitative estimate of drug-likeness (QED) is 0.559. The maximum Gasteiger partial charge on any atom is 0.191 e. The first-order valence-corrected chi connectivity index (χ1v) is 9.40. The average Bonchev–Trinajstić information content (AvgIpc) is 2.70. The Balaban J connectivity index is 2.06. The average molecular weight is 379 g/mol. The van der Waals surface area contributed by atoms with E-state index in [1.54, 1.807) is 21.3 Å². The molecule has 0 spiro atoms. The fourth-order valence-corrected chi connectivity index (χ4v) is 3.44. The molecule has 2 N–H and O–H groups in total. The Hall–Kier alpha value is -1.99. The van der Waals surface area contributed by atoms with Gasteiger partial charge in [-0.1, -0.05) is 0 Å². The monoisotopic (exact) mass is 378 g/mol. The van der Waals surface area contributed by atoms with E-state index in [1.165, 1.54) is 0 Å². The van der Waals surface area contributed by atoms with Gasteiger partial charge in [0.15, 0.2) is 5.96 Å². The Morgan fingerprint density at radius 2 is 1.96 bits per heavy atom. The van der Waals surface area contributed by atoms with Crippen molar-refractivity contribution in [2.75, 3.05) is 55.1 Å². The van der Waals surface area contributed by atoms with Gasteiger partial charge < -0.3 is 29.7 Å². The first-order chi connectivity index (χ1) is 13.0. The molecule has 7 heteroatoms. The van der Waals surface area contributed by atoms with Gasteiger partial charge in [0.2, 0.25) is 0 Å². The largest absolute Gasteiger partial charge is 0.497 e. The van der Waals surface area contributed by atoms with E-state index in [9.17, 15) is 0 Å². The van der Waals surface area contributed by atoms with Crippen LogP contribution in [-0.4, -0.2) is 71.5 Å². The highest BCUT2D eigenvalue weighted by Gasteiger charge is 2.34. The Labute approximate surface area is 163 Å². The summed E-state index contributed by atoms with van der Waals surface area (Å²) in [6, 6.07) is 5.81. The van der Waals surface area contributed by atoms with Crippen LogP contribution < -0.4 is 20.1 Å². The minimum atomic E-state index is 0.00578. The minimum Gasteiger partial charge on any atom is -0.497 e. The number of hydrogen-bond donors (Lipinski definition) is 2. The van der Waals surface area contributed by atoms with Gasteiger partial charge in [0, 0.05) is 37.9 Å². The van der Waals surface area contributed by atoms with E-state index in [0.717, 1.165) is 55.6 Å². The third kappa shape index (κ3) is 5.26. The van der Waals surface area contributed by atoms with Crippen LogP contribution in [0.1, 0.15) is 31.4 Å². The molecule has 2 rings (SSSR count). The molecule has 0 saturated carbocycles. The zero-order chi connectivity index (χ0) is 19.9. The first-order valence-electron chi connectivity index (χ1n) is 9.40. The molecule has 1 fully saturated rings. The molecule has 1 saturated heterocycles. The van der Waals surface area contributed by atoms with Gasteiger partial charge in [-0.05, 0) is 52.1 Å². The fourth-order valence-electron chi connectivity index (χ4n) is 3.44. The Morgan fingerprint density at radius 1 is 1.26 bits per heavy atom. The standard InChI is InChI=1S/C20H34N4O3/c1-15(17-13-16(25-5)7-8-18(17)26-6)23-19(21-2)22-14-20(24(3)4)9-11-27-12-10-20/h7-8,13,15H,9-12,14H2,1-6H3,(H2,21,22,23). The summed E-state index contributed by atoms with van der Waals surface area (Å²) in [4.78, 5) is 6.69. The van der Waals surface area contributed by atoms with E-state index in [0.29, 0.717) is 0 Å². The summed E-state index contributed by atoms with van der Waals surface area (Å²) in [7, 11) is 9.40. The maximum absolute atomic E-state index is 5.55. The molecule has 1 unspecified atom stereocenters. The number of likely N-dealkylation sites (N-methyl/N-ethyl adjacent to an activating group) is 1. The molecular weight excluding hydrogens is 344 g/mol. The first kappa shape index (κ1) is 21.3. The van der Waals surface area contributed by atoms with Gasteiger partial charge in [0.05, 0.1) is 20.3 Å². The third-order valence-electron chi connectivity index (χ3n) is 5.44. The molecular formula is C20H34N4O3. The predicted octanol–water partition coefficient (Wildman–Crippen LogP) is 2.04. The van der Waals surface area contributed by atoms with Gasteiger partial charge in [0.25, 0.3) is 0 Å². The maximum atomic E-state index is 5.55. The number of aliphatic imine (C=N–C) groups is 1. The predicted molar refractivity (Wildman–Crippen MR) is 109 cm³/mol. The summed E-state index contributed by atoms with van der Waals surface area (Å²) < 4.78 is 16.4. The van der Waals surface area contributed by atoms with Crippen LogP contribution in [0, 0.1) is 0 Å². The van der Waals surface area contributed by atoms with Crippen molar-refractivity contribution in [1.29, 1.82) is 0 Å². The minimum absolute atomic E-state index is 0.00578. The SMILES string of the molecule is CN=C(NCC1(N(C)C)CCOCC1)NC(C)c1cc(OC)ccc1OC. The topological polar surface area (TPSA) is 67.4 Å². The molecule has 27 heavy (non-hydrogen) atoms. The number of guanidine groups is 1. The summed E-state index contributed by atoms with van der Waals surface area (Å²) in [5.41, 5.74) is 1.10. The molecule has 1 aromatic rings. The van der Waals surface area contributed by atoms with Crippen LogP contribution >= 0.6 is 0 Å². The smallest absolute Gasteiger partial charge is 0.191 e. The van der Waals surface area contributed by atoms with Crippen molar-refractivity contribution in [2.24, 2.45) is 4.99 Å². The zero-order valence-electron chi connectivity index (χ0n) is 17.5. The lowest BCUT2D eigenvalue weighted by Gasteiger charge is -2.43. The van der Waals surface area contributed by atoms with Crippen LogP contribution in [0.5, 0.6) is 11.5 Å². The Morgan fingerprint density at radius 3 is 2.52 bits per heavy atom. The van der Waals surface area contributed by atoms with Crippen LogP contribution in [0.4, 0.5) is 0 Å². The van der Waals surface area contributed by atoms with Gasteiger partial charge in [-0.25, -0.2) is 0 Å². The number of hydrogen-bond acceptors (Lipinski definition) is 5. The number of ether oxygens (including phenoxy) is 3. The lowest BCUT2D eigenvalue weighted by molar-refractivity contribution is -0.00502. The van der Waals surface area contributed by atoms with E-state index in [2.05, 4.69) is 41.5 Å². The van der Waals surface area contributed by atoms with Crippen molar-refractivity contribution in [3.8, 4) is 11.5 Å². The fraction of sp³-hybridized carbons (Fsp3) is 0.650. The van der Waals surface area contributed by atoms with E-state index in [-0.39, 0.29) is 11.6 Å². The van der Waals surface area contributed by atoms with Gasteiger partial charge >= 0.3 is 0 Å². The Kier molecular flexibility index (Phi) is 7.74. The van der Waals surface area contributed by atoms with Crippen molar-refractivity contribution in [1.82, 2.24) is 15.5 Å². The number of benzene rings is 1. The van der Waals surface area contributed by atoms with E-state index >= 15 is 0 Å². The van der Waals surface area contributed by atoms with E-state index in [1.807, 2.05) is 18.2 Å². The molecule has 1 aliphatic rings. The van der Waals surface area contributed by atoms with Crippen LogP contribution in [0.25, 0.3) is 0 Å². The van der Waals surface area contributed by atoms with Gasteiger partial charge in [-0.3, -0.25) is 4.99 Å². The third-order valence-corrected chi connectivity index (χ3v) is 5.44. The summed E-state index contributed by atoms with van der Waals surface area (Å²) in [5, 5.41) is 6.96. The van der Waals surface area contributed by atoms with Crippen LogP contribution in [0.3, 0.4) is 0 Å². The van der Waals surface area contributed by atoms with Crippen molar-refractivity contribution < 1.29 is 14.2 Å². The molecule has 0 radical (unpaired) electrons. The molecule has 0 aliphatic carbocycles. The molecule has 1 atom stereocenters. The normalized spacial score (nSPS) is 18.1. The zero-order valence-corrected chi connectivity index (χ0v) is 17.5. The molecule has 7 nitrogen and oxygen atoms in total. The highest BCUT2D eigenvalue weighted by Crippen LogP contribution is 2.29. The van der Waals surface area contributed by atoms with Gasteiger partial charge in [-0.2, -0.15) is 0 Å². The lowest BCUT2D eigenvalue weighted by Crippen LogP contribution is -2.57. The summed E-state index contributed by atoms with van der Waals surface area (Å²) in [6.07, 6.45) is 2.01. The van der Waals surface area contributed by atoms with Gasteiger partial charge in [0.1, 0.15) is 11.5 Å². The van der Waals surface area contributed by atoms with Crippen molar-refractivity contribution in [2.45, 2.75) is 31.3 Å². The molecule has 1 aromatic carbocycles. The van der Waals surface area contributed by atoms with Crippen molar-refractivity contribution in [3.05, 3.63) is 23.8 Å². The molecule has 0 bridgehead atoms. The van der Waals surface area contributed by atoms with Crippen LogP contribution in [0.2, 0.25) is 0 Å². The second-order valence-electron chi connectivity index (χ2n) is 7.13. The number of methoxy groups -OCH3 is 2. The molecule has 1 aliphatic heterocycles. The molecule has 0 amide bonds. The summed E-state index contributed by atoms with van der Waals surface area (Å²) >= 11 is 0. The van der Waals surface area contributed by atoms with Crippen molar-refractivity contribution >= 4 is 5.96 Å². The number of nitrogens with zero attached hydrogens (tertiary/aromatic N) is 2. The Bertz CT molecular complexity index is 628. The van der Waals surface area contributed by atoms with Gasteiger partial charge in [-0.15, -0.1) is 0 Å². The summed E-state index contributed by atoms with van der Waals surface area (Å²) in [5.74, 6) is 2.39. The molecule has 0 aromatic heterocycles. The highest BCUT2D eigenvalue weighted by molar-refractivity contribution is 5.80.